The highest BCUT2D eigenvalue weighted by Gasteiger charge is 2.18. The van der Waals surface area contributed by atoms with Crippen molar-refractivity contribution in [2.24, 2.45) is 0 Å². The molecule has 0 saturated carbocycles. The Morgan fingerprint density at radius 1 is 1.62 bits per heavy atom. The molecule has 0 saturated heterocycles. The summed E-state index contributed by atoms with van der Waals surface area (Å²) in [6, 6.07) is 1.87. The zero-order chi connectivity index (χ0) is 12.0. The van der Waals surface area contributed by atoms with Crippen molar-refractivity contribution in [1.82, 2.24) is 4.90 Å². The van der Waals surface area contributed by atoms with Crippen LogP contribution in [0.3, 0.4) is 0 Å². The molecule has 6 heteroatoms. The van der Waals surface area contributed by atoms with Crippen LogP contribution in [0, 0.1) is 0 Å². The van der Waals surface area contributed by atoms with E-state index in [2.05, 4.69) is 15.9 Å². The minimum absolute atomic E-state index is 0.000394. The van der Waals surface area contributed by atoms with Gasteiger partial charge in [0.05, 0.1) is 6.61 Å². The van der Waals surface area contributed by atoms with Gasteiger partial charge in [-0.2, -0.15) is 0 Å². The van der Waals surface area contributed by atoms with E-state index in [-0.39, 0.29) is 5.91 Å². The zero-order valence-electron chi connectivity index (χ0n) is 8.91. The molecule has 1 amide bonds. The van der Waals surface area contributed by atoms with Crippen molar-refractivity contribution in [3.8, 4) is 0 Å². The summed E-state index contributed by atoms with van der Waals surface area (Å²) in [6.07, 6.45) is 0. The van der Waals surface area contributed by atoms with Crippen LogP contribution in [0.25, 0.3) is 0 Å². The van der Waals surface area contributed by atoms with Crippen LogP contribution in [0.15, 0.2) is 15.9 Å². The summed E-state index contributed by atoms with van der Waals surface area (Å²) in [5.41, 5.74) is 0. The van der Waals surface area contributed by atoms with Gasteiger partial charge in [0, 0.05) is 30.6 Å². The summed E-state index contributed by atoms with van der Waals surface area (Å²) in [5.74, 6) is 0.429. The van der Waals surface area contributed by atoms with Crippen molar-refractivity contribution in [2.75, 3.05) is 32.7 Å². The van der Waals surface area contributed by atoms with E-state index in [9.17, 15) is 4.79 Å². The van der Waals surface area contributed by atoms with E-state index in [1.54, 1.807) is 12.0 Å². The number of hydrogen-bond acceptors (Lipinski definition) is 3. The predicted molar refractivity (Wildman–Crippen MR) is 70.5 cm³/mol. The SMILES string of the molecule is COCCN(CCCl)C(=O)c1sccc1Br. The molecule has 0 spiro atoms. The second-order valence-corrected chi connectivity index (χ2v) is 5.22. The molecule has 1 aromatic rings. The van der Waals surface area contributed by atoms with Crippen molar-refractivity contribution in [2.45, 2.75) is 0 Å². The molecule has 0 aromatic carbocycles. The van der Waals surface area contributed by atoms with Crippen molar-refractivity contribution < 1.29 is 9.53 Å². The van der Waals surface area contributed by atoms with E-state index in [4.69, 9.17) is 16.3 Å². The molecular weight excluding hydrogens is 314 g/mol. The molecule has 0 aliphatic heterocycles. The van der Waals surface area contributed by atoms with E-state index in [0.717, 1.165) is 4.47 Å². The van der Waals surface area contributed by atoms with Gasteiger partial charge in [-0.05, 0) is 27.4 Å². The molecule has 0 N–H and O–H groups in total. The van der Waals surface area contributed by atoms with Crippen LogP contribution in [0.2, 0.25) is 0 Å². The number of rotatable bonds is 6. The second kappa shape index (κ2) is 7.27. The first-order valence-corrected chi connectivity index (χ1v) is 6.98. The summed E-state index contributed by atoms with van der Waals surface area (Å²) in [5, 5.41) is 1.88. The van der Waals surface area contributed by atoms with Crippen molar-refractivity contribution in [3.63, 3.8) is 0 Å². The van der Waals surface area contributed by atoms with Crippen LogP contribution >= 0.6 is 38.9 Å². The third-order valence-corrected chi connectivity index (χ3v) is 4.01. The number of halogens is 2. The van der Waals surface area contributed by atoms with Crippen LogP contribution < -0.4 is 0 Å². The molecule has 0 atom stereocenters. The van der Waals surface area contributed by atoms with Gasteiger partial charge in [-0.1, -0.05) is 0 Å². The van der Waals surface area contributed by atoms with Crippen LogP contribution in [0.5, 0.6) is 0 Å². The number of amides is 1. The number of thiophene rings is 1. The van der Waals surface area contributed by atoms with Crippen LogP contribution in [-0.4, -0.2) is 43.5 Å². The number of carbonyl (C=O) groups excluding carboxylic acids is 1. The minimum Gasteiger partial charge on any atom is -0.383 e. The first kappa shape index (κ1) is 14.0. The number of carbonyl (C=O) groups is 1. The maximum absolute atomic E-state index is 12.1. The number of ether oxygens (including phenoxy) is 1. The molecule has 0 aliphatic rings. The Balaban J connectivity index is 2.70. The monoisotopic (exact) mass is 325 g/mol. The molecule has 1 rings (SSSR count). The van der Waals surface area contributed by atoms with Gasteiger partial charge in [0.1, 0.15) is 4.88 Å². The normalized spacial score (nSPS) is 10.4. The van der Waals surface area contributed by atoms with E-state index < -0.39 is 0 Å². The van der Waals surface area contributed by atoms with E-state index in [1.807, 2.05) is 11.4 Å². The Bertz CT molecular complexity index is 345. The number of methoxy groups -OCH3 is 1. The third-order valence-electron chi connectivity index (χ3n) is 2.02. The smallest absolute Gasteiger partial charge is 0.265 e. The van der Waals surface area contributed by atoms with Gasteiger partial charge in [-0.3, -0.25) is 4.79 Å². The van der Waals surface area contributed by atoms with Gasteiger partial charge in [-0.25, -0.2) is 0 Å². The fourth-order valence-electron chi connectivity index (χ4n) is 1.21. The minimum atomic E-state index is -0.000394. The fraction of sp³-hybridized carbons (Fsp3) is 0.500. The van der Waals surface area contributed by atoms with Crippen LogP contribution in [0.1, 0.15) is 9.67 Å². The lowest BCUT2D eigenvalue weighted by atomic mass is 10.4. The van der Waals surface area contributed by atoms with Gasteiger partial charge < -0.3 is 9.64 Å². The summed E-state index contributed by atoms with van der Waals surface area (Å²) in [6.45, 7) is 1.62. The predicted octanol–water partition coefficient (Wildman–Crippen LogP) is 2.84. The van der Waals surface area contributed by atoms with E-state index >= 15 is 0 Å². The quantitative estimate of drug-likeness (QED) is 0.752. The first-order chi connectivity index (χ1) is 7.70. The largest absolute Gasteiger partial charge is 0.383 e. The lowest BCUT2D eigenvalue weighted by Crippen LogP contribution is -2.35. The van der Waals surface area contributed by atoms with Crippen molar-refractivity contribution in [3.05, 3.63) is 20.8 Å². The molecule has 3 nitrogen and oxygen atoms in total. The summed E-state index contributed by atoms with van der Waals surface area (Å²) < 4.78 is 5.80. The Kier molecular flexibility index (Phi) is 6.34. The second-order valence-electron chi connectivity index (χ2n) is 3.07. The number of nitrogens with zero attached hydrogens (tertiary/aromatic N) is 1. The molecule has 90 valence electrons. The fourth-order valence-corrected chi connectivity index (χ4v) is 2.92. The molecule has 1 heterocycles. The highest BCUT2D eigenvalue weighted by atomic mass is 79.9. The van der Waals surface area contributed by atoms with Gasteiger partial charge in [0.15, 0.2) is 0 Å². The average molecular weight is 327 g/mol. The van der Waals surface area contributed by atoms with Gasteiger partial charge in [0.2, 0.25) is 0 Å². The molecule has 0 radical (unpaired) electrons. The molecule has 0 aliphatic carbocycles. The van der Waals surface area contributed by atoms with Gasteiger partial charge >= 0.3 is 0 Å². The number of alkyl halides is 1. The highest BCUT2D eigenvalue weighted by Crippen LogP contribution is 2.24. The number of hydrogen-bond donors (Lipinski definition) is 0. The standard InChI is InChI=1S/C10H13BrClNO2S/c1-15-6-5-13(4-3-12)10(14)9-8(11)2-7-16-9/h2,7H,3-6H2,1H3. The molecular formula is C10H13BrClNO2S. The summed E-state index contributed by atoms with van der Waals surface area (Å²) >= 11 is 10.5. The maximum Gasteiger partial charge on any atom is 0.265 e. The van der Waals surface area contributed by atoms with Crippen molar-refractivity contribution >= 4 is 44.8 Å². The van der Waals surface area contributed by atoms with Gasteiger partial charge in [-0.15, -0.1) is 22.9 Å². The lowest BCUT2D eigenvalue weighted by molar-refractivity contribution is 0.0712. The zero-order valence-corrected chi connectivity index (χ0v) is 12.1. The van der Waals surface area contributed by atoms with Crippen LogP contribution in [0.4, 0.5) is 0 Å². The maximum atomic E-state index is 12.1. The molecule has 0 fully saturated rings. The Labute approximate surface area is 112 Å². The summed E-state index contributed by atoms with van der Waals surface area (Å²) in [7, 11) is 1.62. The Morgan fingerprint density at radius 3 is 2.88 bits per heavy atom. The first-order valence-electron chi connectivity index (χ1n) is 4.78. The highest BCUT2D eigenvalue weighted by molar-refractivity contribution is 9.10. The van der Waals surface area contributed by atoms with Gasteiger partial charge in [0.25, 0.3) is 5.91 Å². The third kappa shape index (κ3) is 3.73. The average Bonchev–Trinajstić information content (AvgIpc) is 2.69. The van der Waals surface area contributed by atoms with E-state index in [0.29, 0.717) is 30.5 Å². The topological polar surface area (TPSA) is 29.5 Å². The van der Waals surface area contributed by atoms with Crippen LogP contribution in [-0.2, 0) is 4.74 Å². The lowest BCUT2D eigenvalue weighted by Gasteiger charge is -2.20. The summed E-state index contributed by atoms with van der Waals surface area (Å²) in [4.78, 5) is 14.5. The Morgan fingerprint density at radius 2 is 2.38 bits per heavy atom. The molecule has 0 bridgehead atoms. The van der Waals surface area contributed by atoms with Crippen molar-refractivity contribution in [1.29, 1.82) is 0 Å². The molecule has 1 aromatic heterocycles. The molecule has 0 unspecified atom stereocenters. The molecule has 16 heavy (non-hydrogen) atoms. The van der Waals surface area contributed by atoms with E-state index in [1.165, 1.54) is 11.3 Å². The Hall–Kier alpha value is -0.100.